The molecule has 0 radical (unpaired) electrons. The van der Waals surface area contributed by atoms with Gasteiger partial charge in [0, 0.05) is 20.2 Å². The molecule has 0 atom stereocenters. The average molecular weight is 253 g/mol. The van der Waals surface area contributed by atoms with E-state index >= 15 is 0 Å². The lowest BCUT2D eigenvalue weighted by Crippen LogP contribution is -2.31. The summed E-state index contributed by atoms with van der Waals surface area (Å²) in [6.07, 6.45) is 1.61. The summed E-state index contributed by atoms with van der Waals surface area (Å²) in [7, 11) is 3.44. The van der Waals surface area contributed by atoms with Gasteiger partial charge in [-0.3, -0.25) is 9.78 Å². The van der Waals surface area contributed by atoms with E-state index < -0.39 is 0 Å². The van der Waals surface area contributed by atoms with Crippen molar-refractivity contribution >= 4 is 5.91 Å². The van der Waals surface area contributed by atoms with Crippen LogP contribution in [0, 0.1) is 0 Å². The summed E-state index contributed by atoms with van der Waals surface area (Å²) in [6, 6.07) is 3.65. The van der Waals surface area contributed by atoms with Crippen molar-refractivity contribution in [2.24, 2.45) is 0 Å². The summed E-state index contributed by atoms with van der Waals surface area (Å²) in [5.74, 6) is 0.406. The van der Waals surface area contributed by atoms with Gasteiger partial charge in [-0.2, -0.15) is 0 Å². The molecule has 100 valence electrons. The number of aromatic nitrogens is 1. The summed E-state index contributed by atoms with van der Waals surface area (Å²) in [5, 5.41) is 5.67. The minimum atomic E-state index is -0.175. The van der Waals surface area contributed by atoms with E-state index in [1.807, 2.05) is 13.1 Å². The van der Waals surface area contributed by atoms with Crippen LogP contribution in [0.3, 0.4) is 0 Å². The molecule has 0 unspecified atom stereocenters. The molecule has 0 aliphatic heterocycles. The fraction of sp³-hybridized carbons (Fsp3) is 0.500. The molecule has 0 spiro atoms. The number of carbonyl (C=O) groups excluding carboxylic acids is 1. The van der Waals surface area contributed by atoms with Crippen LogP contribution < -0.4 is 15.4 Å². The Morgan fingerprint density at radius 1 is 1.44 bits per heavy atom. The van der Waals surface area contributed by atoms with Crippen LogP contribution in [0.15, 0.2) is 18.3 Å². The fourth-order valence-electron chi connectivity index (χ4n) is 1.27. The minimum absolute atomic E-state index is 0.0171. The summed E-state index contributed by atoms with van der Waals surface area (Å²) in [6.45, 7) is 1.67. The molecule has 1 aromatic rings. The van der Waals surface area contributed by atoms with E-state index in [1.54, 1.807) is 19.4 Å². The zero-order valence-corrected chi connectivity index (χ0v) is 10.7. The van der Waals surface area contributed by atoms with E-state index in [1.165, 1.54) is 0 Å². The lowest BCUT2D eigenvalue weighted by Gasteiger charge is -2.07. The highest BCUT2D eigenvalue weighted by molar-refractivity contribution is 5.77. The number of ether oxygens (including phenoxy) is 2. The maximum Gasteiger partial charge on any atom is 0.258 e. The van der Waals surface area contributed by atoms with E-state index in [4.69, 9.17) is 9.47 Å². The number of hydrogen-bond acceptors (Lipinski definition) is 5. The Kier molecular flexibility index (Phi) is 6.75. The van der Waals surface area contributed by atoms with Crippen molar-refractivity contribution in [1.29, 1.82) is 0 Å². The molecule has 1 heterocycles. The van der Waals surface area contributed by atoms with Gasteiger partial charge >= 0.3 is 0 Å². The third-order valence-electron chi connectivity index (χ3n) is 2.15. The first-order chi connectivity index (χ1) is 8.76. The molecule has 0 fully saturated rings. The van der Waals surface area contributed by atoms with Crippen LogP contribution in [-0.4, -0.2) is 44.8 Å². The topological polar surface area (TPSA) is 72.5 Å². The zero-order chi connectivity index (χ0) is 13.2. The third-order valence-corrected chi connectivity index (χ3v) is 2.15. The van der Waals surface area contributed by atoms with Gasteiger partial charge in [-0.05, 0) is 19.2 Å². The molecular formula is C12H19N3O3. The second-order valence-electron chi connectivity index (χ2n) is 3.65. The first-order valence-corrected chi connectivity index (χ1v) is 5.74. The van der Waals surface area contributed by atoms with Crippen LogP contribution >= 0.6 is 0 Å². The second kappa shape index (κ2) is 8.43. The van der Waals surface area contributed by atoms with Crippen LogP contribution in [0.1, 0.15) is 5.69 Å². The number of nitrogens with one attached hydrogen (secondary N) is 2. The highest BCUT2D eigenvalue weighted by Gasteiger charge is 2.02. The normalized spacial score (nSPS) is 10.1. The number of pyridine rings is 1. The van der Waals surface area contributed by atoms with Gasteiger partial charge in [0.2, 0.25) is 0 Å². The molecule has 0 aliphatic rings. The Bertz CT molecular complexity index is 354. The van der Waals surface area contributed by atoms with E-state index in [0.717, 1.165) is 5.69 Å². The van der Waals surface area contributed by atoms with Gasteiger partial charge in [0.15, 0.2) is 6.61 Å². The molecule has 1 aromatic heterocycles. The van der Waals surface area contributed by atoms with Gasteiger partial charge in [-0.15, -0.1) is 0 Å². The Labute approximate surface area is 107 Å². The summed E-state index contributed by atoms with van der Waals surface area (Å²) in [4.78, 5) is 15.5. The van der Waals surface area contributed by atoms with E-state index in [2.05, 4.69) is 15.6 Å². The second-order valence-corrected chi connectivity index (χ2v) is 3.65. The summed E-state index contributed by atoms with van der Waals surface area (Å²) < 4.78 is 10.1. The van der Waals surface area contributed by atoms with Crippen molar-refractivity contribution in [3.8, 4) is 5.75 Å². The lowest BCUT2D eigenvalue weighted by molar-refractivity contribution is -0.123. The monoisotopic (exact) mass is 253 g/mol. The van der Waals surface area contributed by atoms with Crippen molar-refractivity contribution in [2.45, 2.75) is 6.54 Å². The molecule has 2 N–H and O–H groups in total. The molecule has 0 aromatic carbocycles. The van der Waals surface area contributed by atoms with Crippen LogP contribution in [0.25, 0.3) is 0 Å². The predicted molar refractivity (Wildman–Crippen MR) is 67.4 cm³/mol. The molecular weight excluding hydrogens is 234 g/mol. The van der Waals surface area contributed by atoms with Gasteiger partial charge in [0.25, 0.3) is 5.91 Å². The highest BCUT2D eigenvalue weighted by Crippen LogP contribution is 2.08. The standard InChI is InChI=1S/C12H19N3O3/c1-13-7-10-3-4-11(8-15-10)18-9-12(16)14-5-6-17-2/h3-4,8,13H,5-7,9H2,1-2H3,(H,14,16). The zero-order valence-electron chi connectivity index (χ0n) is 10.7. The smallest absolute Gasteiger partial charge is 0.258 e. The number of hydrogen-bond donors (Lipinski definition) is 2. The molecule has 0 saturated heterocycles. The molecule has 1 amide bonds. The van der Waals surface area contributed by atoms with E-state index in [9.17, 15) is 4.79 Å². The molecule has 0 saturated carbocycles. The Morgan fingerprint density at radius 2 is 2.28 bits per heavy atom. The van der Waals surface area contributed by atoms with Crippen LogP contribution in [-0.2, 0) is 16.1 Å². The number of amides is 1. The summed E-state index contributed by atoms with van der Waals surface area (Å²) >= 11 is 0. The number of rotatable bonds is 8. The molecule has 1 rings (SSSR count). The van der Waals surface area contributed by atoms with Gasteiger partial charge in [-0.25, -0.2) is 0 Å². The maximum absolute atomic E-state index is 11.3. The summed E-state index contributed by atoms with van der Waals surface area (Å²) in [5.41, 5.74) is 0.925. The number of carbonyl (C=O) groups is 1. The maximum atomic E-state index is 11.3. The quantitative estimate of drug-likeness (QED) is 0.635. The SMILES string of the molecule is CNCc1ccc(OCC(=O)NCCOC)cn1. The van der Waals surface area contributed by atoms with Crippen molar-refractivity contribution in [2.75, 3.05) is 33.9 Å². The Hall–Kier alpha value is -1.66. The number of nitrogens with zero attached hydrogens (tertiary/aromatic N) is 1. The Morgan fingerprint density at radius 3 is 2.89 bits per heavy atom. The van der Waals surface area contributed by atoms with Crippen LogP contribution in [0.5, 0.6) is 5.75 Å². The predicted octanol–water partition coefficient (Wildman–Crippen LogP) is -0.0576. The number of methoxy groups -OCH3 is 1. The van der Waals surface area contributed by atoms with Crippen LogP contribution in [0.4, 0.5) is 0 Å². The molecule has 0 aliphatic carbocycles. The molecule has 6 heteroatoms. The fourth-order valence-corrected chi connectivity index (χ4v) is 1.27. The molecule has 6 nitrogen and oxygen atoms in total. The minimum Gasteiger partial charge on any atom is -0.482 e. The van der Waals surface area contributed by atoms with Crippen molar-refractivity contribution in [3.63, 3.8) is 0 Å². The lowest BCUT2D eigenvalue weighted by atomic mass is 10.3. The van der Waals surface area contributed by atoms with Crippen molar-refractivity contribution in [1.82, 2.24) is 15.6 Å². The van der Waals surface area contributed by atoms with Crippen molar-refractivity contribution < 1.29 is 14.3 Å². The third kappa shape index (κ3) is 5.60. The average Bonchev–Trinajstić information content (AvgIpc) is 2.39. The Balaban J connectivity index is 2.27. The van der Waals surface area contributed by atoms with Crippen LogP contribution in [0.2, 0.25) is 0 Å². The largest absolute Gasteiger partial charge is 0.482 e. The van der Waals surface area contributed by atoms with E-state index in [-0.39, 0.29) is 12.5 Å². The van der Waals surface area contributed by atoms with E-state index in [0.29, 0.717) is 25.4 Å². The van der Waals surface area contributed by atoms with Gasteiger partial charge < -0.3 is 20.1 Å². The molecule has 18 heavy (non-hydrogen) atoms. The highest BCUT2D eigenvalue weighted by atomic mass is 16.5. The van der Waals surface area contributed by atoms with Gasteiger partial charge in [0.05, 0.1) is 18.5 Å². The van der Waals surface area contributed by atoms with Gasteiger partial charge in [-0.1, -0.05) is 0 Å². The first-order valence-electron chi connectivity index (χ1n) is 5.74. The van der Waals surface area contributed by atoms with Crippen molar-refractivity contribution in [3.05, 3.63) is 24.0 Å². The first kappa shape index (κ1) is 14.4. The molecule has 0 bridgehead atoms. The van der Waals surface area contributed by atoms with Gasteiger partial charge in [0.1, 0.15) is 5.75 Å².